The van der Waals surface area contributed by atoms with Gasteiger partial charge in [0.2, 0.25) is 0 Å². The molecule has 1 amide bonds. The summed E-state index contributed by atoms with van der Waals surface area (Å²) in [6.07, 6.45) is 2.43. The molecule has 1 rings (SSSR count). The molecule has 0 aliphatic heterocycles. The first-order valence-electron chi connectivity index (χ1n) is 8.53. The van der Waals surface area contributed by atoms with Gasteiger partial charge in [-0.3, -0.25) is 4.79 Å². The lowest BCUT2D eigenvalue weighted by Gasteiger charge is -2.22. The first kappa shape index (κ1) is 22.3. The van der Waals surface area contributed by atoms with Crippen LogP contribution in [0.5, 0.6) is 0 Å². The molecule has 0 heterocycles. The molecule has 0 fully saturated rings. The molecular weight excluding hydrogens is 371 g/mol. The van der Waals surface area contributed by atoms with Crippen molar-refractivity contribution in [3.05, 3.63) is 35.4 Å². The second-order valence-corrected chi connectivity index (χ2v) is 6.80. The van der Waals surface area contributed by atoms with Gasteiger partial charge in [-0.1, -0.05) is 12.1 Å². The minimum atomic E-state index is -0.346. The number of nitriles is 1. The van der Waals surface area contributed by atoms with Gasteiger partial charge >= 0.3 is 0 Å². The lowest BCUT2D eigenvalue weighted by Crippen LogP contribution is -2.28. The van der Waals surface area contributed by atoms with Crippen LogP contribution in [0.2, 0.25) is 0 Å². The fraction of sp³-hybridized carbons (Fsp3) is 0.474. The normalized spacial score (nSPS) is 11.3. The summed E-state index contributed by atoms with van der Waals surface area (Å²) in [7, 11) is 3.96. The van der Waals surface area contributed by atoms with Crippen molar-refractivity contribution in [2.24, 2.45) is 0 Å². The molecule has 0 aromatic heterocycles. The first-order chi connectivity index (χ1) is 12.5. The number of amides is 1. The van der Waals surface area contributed by atoms with E-state index >= 15 is 0 Å². The minimum absolute atomic E-state index is 0.0981. The van der Waals surface area contributed by atoms with Crippen LogP contribution in [0.25, 0.3) is 6.08 Å². The standard InChI is InChI=1S/C19H26Cl2N4O/c1-24(2)11-3-10-23-19(26)17(15-22)14-16-4-6-18(7-5-16)25(12-8-20)13-9-21/h4-7,14H,3,8-13H2,1-2H3,(H,23,26)/b17-14+. The van der Waals surface area contributed by atoms with Gasteiger partial charge in [0.25, 0.3) is 5.91 Å². The second kappa shape index (κ2) is 12.6. The van der Waals surface area contributed by atoms with Crippen LogP contribution in [0.4, 0.5) is 5.69 Å². The summed E-state index contributed by atoms with van der Waals surface area (Å²) in [5.41, 5.74) is 1.90. The van der Waals surface area contributed by atoms with E-state index in [0.717, 1.165) is 24.2 Å². The van der Waals surface area contributed by atoms with Gasteiger partial charge < -0.3 is 15.1 Å². The molecule has 0 spiro atoms. The van der Waals surface area contributed by atoms with Crippen molar-refractivity contribution >= 4 is 40.9 Å². The Morgan fingerprint density at radius 1 is 1.15 bits per heavy atom. The Hall–Kier alpha value is -1.74. The second-order valence-electron chi connectivity index (χ2n) is 6.04. The van der Waals surface area contributed by atoms with E-state index in [2.05, 4.69) is 10.2 Å². The molecule has 0 bridgehead atoms. The molecule has 0 radical (unpaired) electrons. The number of nitrogens with one attached hydrogen (secondary N) is 1. The minimum Gasteiger partial charge on any atom is -0.369 e. The fourth-order valence-electron chi connectivity index (χ4n) is 2.36. The maximum atomic E-state index is 12.1. The Kier molecular flexibility index (Phi) is 10.8. The molecule has 0 saturated carbocycles. The molecule has 0 saturated heterocycles. The van der Waals surface area contributed by atoms with Crippen LogP contribution in [-0.2, 0) is 4.79 Å². The summed E-state index contributed by atoms with van der Waals surface area (Å²) in [5.74, 6) is 0.692. The molecule has 1 aromatic carbocycles. The number of hydrogen-bond donors (Lipinski definition) is 1. The molecule has 0 atom stereocenters. The van der Waals surface area contributed by atoms with Gasteiger partial charge in [-0.15, -0.1) is 23.2 Å². The van der Waals surface area contributed by atoms with E-state index in [9.17, 15) is 10.1 Å². The number of alkyl halides is 2. The van der Waals surface area contributed by atoms with E-state index in [1.54, 1.807) is 6.08 Å². The lowest BCUT2D eigenvalue weighted by atomic mass is 10.1. The van der Waals surface area contributed by atoms with Gasteiger partial charge in [-0.25, -0.2) is 0 Å². The summed E-state index contributed by atoms with van der Waals surface area (Å²) in [4.78, 5) is 16.3. The first-order valence-corrected chi connectivity index (χ1v) is 9.60. The number of carbonyl (C=O) groups is 1. The molecule has 26 heavy (non-hydrogen) atoms. The van der Waals surface area contributed by atoms with Crippen molar-refractivity contribution in [2.45, 2.75) is 6.42 Å². The van der Waals surface area contributed by atoms with E-state index in [0.29, 0.717) is 31.4 Å². The predicted octanol–water partition coefficient (Wildman–Crippen LogP) is 2.95. The highest BCUT2D eigenvalue weighted by atomic mass is 35.5. The lowest BCUT2D eigenvalue weighted by molar-refractivity contribution is -0.117. The van der Waals surface area contributed by atoms with Crippen LogP contribution in [0.15, 0.2) is 29.8 Å². The van der Waals surface area contributed by atoms with Crippen LogP contribution >= 0.6 is 23.2 Å². The smallest absolute Gasteiger partial charge is 0.261 e. The third kappa shape index (κ3) is 8.09. The van der Waals surface area contributed by atoms with Gasteiger partial charge in [0.15, 0.2) is 0 Å². The Balaban J connectivity index is 2.73. The highest BCUT2D eigenvalue weighted by Crippen LogP contribution is 2.17. The van der Waals surface area contributed by atoms with E-state index in [1.807, 2.05) is 49.3 Å². The molecule has 1 aromatic rings. The largest absolute Gasteiger partial charge is 0.369 e. The Labute approximate surface area is 166 Å². The quantitative estimate of drug-likeness (QED) is 0.270. The van der Waals surface area contributed by atoms with Crippen molar-refractivity contribution in [3.63, 3.8) is 0 Å². The summed E-state index contributed by atoms with van der Waals surface area (Å²) < 4.78 is 0. The van der Waals surface area contributed by atoms with Crippen molar-refractivity contribution in [1.82, 2.24) is 10.2 Å². The van der Waals surface area contributed by atoms with Gasteiger partial charge in [-0.2, -0.15) is 5.26 Å². The van der Waals surface area contributed by atoms with Crippen molar-refractivity contribution in [1.29, 1.82) is 5.26 Å². The maximum absolute atomic E-state index is 12.1. The number of nitrogens with zero attached hydrogens (tertiary/aromatic N) is 3. The number of rotatable bonds is 11. The highest BCUT2D eigenvalue weighted by molar-refractivity contribution is 6.18. The summed E-state index contributed by atoms with van der Waals surface area (Å²) in [6.45, 7) is 2.85. The zero-order valence-corrected chi connectivity index (χ0v) is 16.9. The molecule has 142 valence electrons. The zero-order valence-electron chi connectivity index (χ0n) is 15.3. The number of anilines is 1. The Bertz CT molecular complexity index is 617. The monoisotopic (exact) mass is 396 g/mol. The van der Waals surface area contributed by atoms with Crippen molar-refractivity contribution in [3.8, 4) is 6.07 Å². The summed E-state index contributed by atoms with van der Waals surface area (Å²) in [6, 6.07) is 9.60. The molecule has 1 N–H and O–H groups in total. The van der Waals surface area contributed by atoms with Crippen molar-refractivity contribution in [2.75, 3.05) is 56.9 Å². The van der Waals surface area contributed by atoms with Crippen LogP contribution in [0.3, 0.4) is 0 Å². The summed E-state index contributed by atoms with van der Waals surface area (Å²) in [5, 5.41) is 12.0. The SMILES string of the molecule is CN(C)CCCNC(=O)/C(C#N)=C/c1ccc(N(CCCl)CCCl)cc1. The van der Waals surface area contributed by atoms with E-state index in [4.69, 9.17) is 23.2 Å². The predicted molar refractivity (Wildman–Crippen MR) is 110 cm³/mol. The fourth-order valence-corrected chi connectivity index (χ4v) is 2.77. The molecule has 0 aliphatic carbocycles. The molecule has 5 nitrogen and oxygen atoms in total. The molecule has 0 aliphatic rings. The number of carbonyl (C=O) groups excluding carboxylic acids is 1. The van der Waals surface area contributed by atoms with Crippen LogP contribution in [0, 0.1) is 11.3 Å². The Morgan fingerprint density at radius 2 is 1.77 bits per heavy atom. The number of benzene rings is 1. The van der Waals surface area contributed by atoms with Crippen molar-refractivity contribution < 1.29 is 4.79 Å². The average molecular weight is 397 g/mol. The maximum Gasteiger partial charge on any atom is 0.261 e. The molecule has 0 unspecified atom stereocenters. The third-order valence-corrected chi connectivity index (χ3v) is 4.05. The molecular formula is C19H26Cl2N4O. The molecule has 7 heteroatoms. The zero-order chi connectivity index (χ0) is 19.4. The number of halogens is 2. The van der Waals surface area contributed by atoms with Gasteiger partial charge in [-0.05, 0) is 50.8 Å². The van der Waals surface area contributed by atoms with E-state index in [1.165, 1.54) is 0 Å². The Morgan fingerprint density at radius 3 is 2.27 bits per heavy atom. The van der Waals surface area contributed by atoms with Crippen LogP contribution in [0.1, 0.15) is 12.0 Å². The van der Waals surface area contributed by atoms with Crippen LogP contribution < -0.4 is 10.2 Å². The van der Waals surface area contributed by atoms with Gasteiger partial charge in [0, 0.05) is 37.1 Å². The van der Waals surface area contributed by atoms with Crippen LogP contribution in [-0.4, -0.2) is 62.8 Å². The average Bonchev–Trinajstić information content (AvgIpc) is 2.63. The van der Waals surface area contributed by atoms with E-state index in [-0.39, 0.29) is 11.5 Å². The van der Waals surface area contributed by atoms with E-state index < -0.39 is 0 Å². The number of hydrogen-bond acceptors (Lipinski definition) is 4. The van der Waals surface area contributed by atoms with Gasteiger partial charge in [0.1, 0.15) is 11.6 Å². The topological polar surface area (TPSA) is 59.4 Å². The van der Waals surface area contributed by atoms with Gasteiger partial charge in [0.05, 0.1) is 0 Å². The third-order valence-electron chi connectivity index (χ3n) is 3.71. The summed E-state index contributed by atoms with van der Waals surface area (Å²) >= 11 is 11.7. The highest BCUT2D eigenvalue weighted by Gasteiger charge is 2.09.